The molecule has 2 fully saturated rings. The molecule has 2 saturated heterocycles. The van der Waals surface area contributed by atoms with Crippen molar-refractivity contribution in [3.05, 3.63) is 0 Å². The van der Waals surface area contributed by atoms with E-state index in [2.05, 4.69) is 70.9 Å². The first kappa shape index (κ1) is 31.4. The van der Waals surface area contributed by atoms with Gasteiger partial charge < -0.3 is 5.11 Å². The SMILES string of the molecule is CC(C)C(C)O.CC(C)CCCCC1CCSS1.CC(C)CCCCC1CSSC1. The summed E-state index contributed by atoms with van der Waals surface area (Å²) in [5, 5.41) is 9.62. The Morgan fingerprint density at radius 2 is 1.23 bits per heavy atom. The molecule has 1 N–H and O–H groups in total. The highest BCUT2D eigenvalue weighted by molar-refractivity contribution is 8.77. The third-order valence-electron chi connectivity index (χ3n) is 5.58. The molecule has 2 heterocycles. The minimum absolute atomic E-state index is 0.148. The van der Waals surface area contributed by atoms with E-state index in [1.54, 1.807) is 6.92 Å². The third-order valence-corrected chi connectivity index (χ3v) is 11.3. The maximum atomic E-state index is 8.63. The van der Waals surface area contributed by atoms with Gasteiger partial charge in [-0.25, -0.2) is 0 Å². The lowest BCUT2D eigenvalue weighted by molar-refractivity contribution is 0.144. The molecule has 30 heavy (non-hydrogen) atoms. The monoisotopic (exact) mass is 496 g/mol. The number of hydrogen-bond donors (Lipinski definition) is 1. The number of aliphatic hydroxyl groups is 1. The maximum absolute atomic E-state index is 8.63. The van der Waals surface area contributed by atoms with Crippen molar-refractivity contribution >= 4 is 43.2 Å². The first-order chi connectivity index (χ1) is 14.2. The second-order valence-corrected chi connectivity index (χ2v) is 15.4. The summed E-state index contributed by atoms with van der Waals surface area (Å²) in [6.45, 7) is 15.1. The number of hydrogen-bond acceptors (Lipinski definition) is 5. The summed E-state index contributed by atoms with van der Waals surface area (Å²) in [5.74, 6) is 7.45. The quantitative estimate of drug-likeness (QED) is 0.226. The predicted molar refractivity (Wildman–Crippen MR) is 150 cm³/mol. The van der Waals surface area contributed by atoms with Crippen molar-refractivity contribution in [2.75, 3.05) is 17.3 Å². The maximum Gasteiger partial charge on any atom is 0.0535 e. The summed E-state index contributed by atoms with van der Waals surface area (Å²) in [6.07, 6.45) is 12.9. The fourth-order valence-electron chi connectivity index (χ4n) is 2.98. The molecule has 5 heteroatoms. The molecule has 2 atom stereocenters. The highest BCUT2D eigenvalue weighted by Gasteiger charge is 2.16. The summed E-state index contributed by atoms with van der Waals surface area (Å²) in [7, 11) is 8.31. The van der Waals surface area contributed by atoms with Crippen molar-refractivity contribution in [1.29, 1.82) is 0 Å². The Morgan fingerprint density at radius 1 is 0.733 bits per heavy atom. The standard InChI is InChI=1S/2C10H20S2.C5H12O/c1-9(2)5-3-4-6-10-7-11-12-8-10;1-9(2)5-3-4-6-10-7-8-11-12-10;1-4(2)5(3)6/h2*9-10H,3-8H2,1-2H3;4-6H,1-3H3. The van der Waals surface area contributed by atoms with Crippen LogP contribution in [-0.4, -0.2) is 33.7 Å². The van der Waals surface area contributed by atoms with Crippen LogP contribution in [0.3, 0.4) is 0 Å². The number of rotatable bonds is 11. The van der Waals surface area contributed by atoms with Crippen molar-refractivity contribution in [2.45, 2.75) is 118 Å². The van der Waals surface area contributed by atoms with Crippen LogP contribution in [0.25, 0.3) is 0 Å². The van der Waals surface area contributed by atoms with Gasteiger partial charge in [-0.05, 0) is 49.9 Å². The van der Waals surface area contributed by atoms with E-state index >= 15 is 0 Å². The molecule has 0 amide bonds. The normalized spacial score (nSPS) is 20.3. The summed E-state index contributed by atoms with van der Waals surface area (Å²) in [5.41, 5.74) is 0. The van der Waals surface area contributed by atoms with Crippen LogP contribution in [0.4, 0.5) is 0 Å². The molecule has 2 rings (SSSR count). The third kappa shape index (κ3) is 21.2. The van der Waals surface area contributed by atoms with Crippen molar-refractivity contribution in [3.8, 4) is 0 Å². The van der Waals surface area contributed by atoms with Crippen LogP contribution in [0.15, 0.2) is 0 Å². The van der Waals surface area contributed by atoms with Crippen LogP contribution < -0.4 is 0 Å². The Morgan fingerprint density at radius 3 is 1.63 bits per heavy atom. The predicted octanol–water partition coefficient (Wildman–Crippen LogP) is 9.59. The van der Waals surface area contributed by atoms with Crippen molar-refractivity contribution in [1.82, 2.24) is 0 Å². The van der Waals surface area contributed by atoms with Crippen molar-refractivity contribution in [3.63, 3.8) is 0 Å². The summed E-state index contributed by atoms with van der Waals surface area (Å²) in [4.78, 5) is 0. The lowest BCUT2D eigenvalue weighted by atomic mass is 10.0. The summed E-state index contributed by atoms with van der Waals surface area (Å²) < 4.78 is 0. The molecule has 1 nitrogen and oxygen atoms in total. The van der Waals surface area contributed by atoms with E-state index in [4.69, 9.17) is 5.11 Å². The van der Waals surface area contributed by atoms with Gasteiger partial charge in [-0.2, -0.15) is 0 Å². The van der Waals surface area contributed by atoms with Crippen LogP contribution in [0.5, 0.6) is 0 Å². The molecule has 0 spiro atoms. The van der Waals surface area contributed by atoms with Crippen LogP contribution in [-0.2, 0) is 0 Å². The van der Waals surface area contributed by atoms with Gasteiger partial charge in [0.05, 0.1) is 6.10 Å². The minimum Gasteiger partial charge on any atom is -0.393 e. The number of aliphatic hydroxyl groups excluding tert-OH is 1. The first-order valence-corrected chi connectivity index (χ1v) is 17.3. The molecule has 0 bridgehead atoms. The molecule has 2 aliphatic heterocycles. The van der Waals surface area contributed by atoms with Gasteiger partial charge in [-0.3, -0.25) is 0 Å². The molecular formula is C25H52OS4. The van der Waals surface area contributed by atoms with E-state index in [-0.39, 0.29) is 6.10 Å². The van der Waals surface area contributed by atoms with Gasteiger partial charge in [0.2, 0.25) is 0 Å². The Hall–Kier alpha value is 1.36. The zero-order chi connectivity index (χ0) is 22.8. The molecule has 182 valence electrons. The molecule has 2 unspecified atom stereocenters. The molecule has 2 aliphatic rings. The Kier molecular flexibility index (Phi) is 21.9. The molecule has 0 radical (unpaired) electrons. The fourth-order valence-corrected chi connectivity index (χ4v) is 9.03. The van der Waals surface area contributed by atoms with Gasteiger partial charge in [-0.15, -0.1) is 0 Å². The molecule has 0 aromatic heterocycles. The van der Waals surface area contributed by atoms with Gasteiger partial charge in [0.25, 0.3) is 0 Å². The van der Waals surface area contributed by atoms with Crippen molar-refractivity contribution in [2.24, 2.45) is 23.7 Å². The van der Waals surface area contributed by atoms with Gasteiger partial charge in [0.15, 0.2) is 0 Å². The van der Waals surface area contributed by atoms with E-state index in [1.165, 1.54) is 75.0 Å². The second kappa shape index (κ2) is 20.9. The summed E-state index contributed by atoms with van der Waals surface area (Å²) >= 11 is 0. The molecular weight excluding hydrogens is 445 g/mol. The van der Waals surface area contributed by atoms with E-state index in [9.17, 15) is 0 Å². The van der Waals surface area contributed by atoms with Crippen LogP contribution in [0.1, 0.15) is 106 Å². The zero-order valence-corrected chi connectivity index (χ0v) is 24.3. The second-order valence-electron chi connectivity index (χ2n) is 10.1. The Labute approximate surface area is 206 Å². The van der Waals surface area contributed by atoms with Gasteiger partial charge in [-0.1, -0.05) is 123 Å². The lowest BCUT2D eigenvalue weighted by Gasteiger charge is -2.07. The average Bonchev–Trinajstić information content (AvgIpc) is 3.37. The minimum atomic E-state index is -0.148. The lowest BCUT2D eigenvalue weighted by Crippen LogP contribution is -2.07. The zero-order valence-electron chi connectivity index (χ0n) is 21.0. The van der Waals surface area contributed by atoms with Crippen LogP contribution in [0.2, 0.25) is 0 Å². The van der Waals surface area contributed by atoms with Gasteiger partial charge in [0.1, 0.15) is 0 Å². The van der Waals surface area contributed by atoms with E-state index in [0.29, 0.717) is 5.92 Å². The fraction of sp³-hybridized carbons (Fsp3) is 1.00. The average molecular weight is 497 g/mol. The van der Waals surface area contributed by atoms with E-state index in [1.807, 2.05) is 13.8 Å². The molecule has 0 aromatic rings. The number of unbranched alkanes of at least 4 members (excludes halogenated alkanes) is 2. The van der Waals surface area contributed by atoms with E-state index < -0.39 is 0 Å². The molecule has 0 aliphatic carbocycles. The van der Waals surface area contributed by atoms with Gasteiger partial charge >= 0.3 is 0 Å². The van der Waals surface area contributed by atoms with Crippen molar-refractivity contribution < 1.29 is 5.11 Å². The largest absolute Gasteiger partial charge is 0.393 e. The smallest absolute Gasteiger partial charge is 0.0535 e. The van der Waals surface area contributed by atoms with Gasteiger partial charge in [0, 0.05) is 22.5 Å². The highest BCUT2D eigenvalue weighted by Crippen LogP contribution is 2.40. The summed E-state index contributed by atoms with van der Waals surface area (Å²) in [6, 6.07) is 0. The Bertz CT molecular complexity index is 315. The first-order valence-electron chi connectivity index (χ1n) is 12.4. The topological polar surface area (TPSA) is 20.2 Å². The van der Waals surface area contributed by atoms with Crippen LogP contribution in [0, 0.1) is 23.7 Å². The molecule has 0 aromatic carbocycles. The highest BCUT2D eigenvalue weighted by atomic mass is 33.1. The Balaban J connectivity index is 0.000000447. The van der Waals surface area contributed by atoms with Crippen LogP contribution >= 0.6 is 43.2 Å². The molecule has 0 saturated carbocycles. The van der Waals surface area contributed by atoms with E-state index in [0.717, 1.165) is 23.0 Å².